The van der Waals surface area contributed by atoms with Crippen molar-refractivity contribution in [2.75, 3.05) is 19.7 Å². The maximum Gasteiger partial charge on any atom is 0.329 e. The third-order valence-corrected chi connectivity index (χ3v) is 3.72. The molecule has 2 amide bonds. The summed E-state index contributed by atoms with van der Waals surface area (Å²) in [5.41, 5.74) is -0.171. The number of carbonyl (C=O) groups is 3. The number of nitrogens with zero attached hydrogens (tertiary/aromatic N) is 1. The van der Waals surface area contributed by atoms with Gasteiger partial charge >= 0.3 is 5.97 Å². The summed E-state index contributed by atoms with van der Waals surface area (Å²) in [5, 5.41) is 2.47. The Kier molecular flexibility index (Phi) is 8.92. The second-order valence-corrected chi connectivity index (χ2v) is 6.16. The van der Waals surface area contributed by atoms with E-state index < -0.39 is 36.2 Å². The lowest BCUT2D eigenvalue weighted by atomic mass is 10.0. The smallest absolute Gasteiger partial charge is 0.329 e. The molecule has 0 aromatic heterocycles. The van der Waals surface area contributed by atoms with Crippen molar-refractivity contribution in [3.63, 3.8) is 0 Å². The number of hydrogen-bond donors (Lipinski definition) is 1. The van der Waals surface area contributed by atoms with Crippen molar-refractivity contribution in [2.24, 2.45) is 5.92 Å². The van der Waals surface area contributed by atoms with Crippen molar-refractivity contribution in [1.29, 1.82) is 0 Å². The fraction of sp³-hybridized carbons (Fsp3) is 0.350. The highest BCUT2D eigenvalue weighted by atomic mass is 19.1. The molecule has 0 saturated heterocycles. The van der Waals surface area contributed by atoms with E-state index in [1.807, 2.05) is 0 Å². The molecule has 1 aromatic carbocycles. The van der Waals surface area contributed by atoms with E-state index in [4.69, 9.17) is 4.74 Å². The molecule has 1 atom stereocenters. The molecule has 0 saturated carbocycles. The van der Waals surface area contributed by atoms with Crippen LogP contribution in [0.1, 0.15) is 24.2 Å². The number of ether oxygens (including phenoxy) is 1. The molecule has 1 aromatic rings. The second kappa shape index (κ2) is 10.9. The Hall–Kier alpha value is -2.96. The molecule has 0 radical (unpaired) electrons. The molecule has 0 aliphatic heterocycles. The van der Waals surface area contributed by atoms with Gasteiger partial charge in [0, 0.05) is 13.1 Å². The van der Waals surface area contributed by atoms with E-state index in [-0.39, 0.29) is 11.5 Å². The molecule has 1 rings (SSSR count). The van der Waals surface area contributed by atoms with Gasteiger partial charge in [0.25, 0.3) is 11.8 Å². The Balaban J connectivity index is 2.74. The van der Waals surface area contributed by atoms with Crippen LogP contribution in [0.4, 0.5) is 4.39 Å². The lowest BCUT2D eigenvalue weighted by molar-refractivity contribution is -0.154. The first-order chi connectivity index (χ1) is 12.8. The van der Waals surface area contributed by atoms with Crippen LogP contribution in [-0.2, 0) is 14.3 Å². The zero-order chi connectivity index (χ0) is 20.4. The minimum Gasteiger partial charge on any atom is -0.454 e. The molecule has 0 aliphatic rings. The lowest BCUT2D eigenvalue weighted by Gasteiger charge is -2.23. The molecule has 1 N–H and O–H groups in total. The van der Waals surface area contributed by atoms with Gasteiger partial charge in [-0.25, -0.2) is 9.18 Å². The number of nitrogens with one attached hydrogen (secondary N) is 1. The molecule has 146 valence electrons. The minimum atomic E-state index is -1.02. The van der Waals surface area contributed by atoms with Gasteiger partial charge in [0.2, 0.25) is 0 Å². The first kappa shape index (κ1) is 22.1. The van der Waals surface area contributed by atoms with Crippen molar-refractivity contribution < 1.29 is 23.5 Å². The number of halogens is 1. The molecule has 6 nitrogen and oxygen atoms in total. The Bertz CT molecular complexity index is 693. The largest absolute Gasteiger partial charge is 0.454 e. The van der Waals surface area contributed by atoms with E-state index in [0.717, 1.165) is 6.07 Å². The quantitative estimate of drug-likeness (QED) is 0.502. The summed E-state index contributed by atoms with van der Waals surface area (Å²) in [6, 6.07) is 4.44. The predicted octanol–water partition coefficient (Wildman–Crippen LogP) is 2.32. The van der Waals surface area contributed by atoms with Gasteiger partial charge in [-0.05, 0) is 18.1 Å². The van der Waals surface area contributed by atoms with Crippen molar-refractivity contribution >= 4 is 17.8 Å². The summed E-state index contributed by atoms with van der Waals surface area (Å²) in [4.78, 5) is 38.1. The summed E-state index contributed by atoms with van der Waals surface area (Å²) < 4.78 is 18.8. The maximum atomic E-state index is 13.7. The van der Waals surface area contributed by atoms with E-state index in [0.29, 0.717) is 13.1 Å². The zero-order valence-electron chi connectivity index (χ0n) is 15.6. The fourth-order valence-electron chi connectivity index (χ4n) is 2.27. The van der Waals surface area contributed by atoms with E-state index >= 15 is 0 Å². The SMILES string of the molecule is C=CCN(CC=C)C(=O)COC(=O)[C@@H](NC(=O)c1ccccc1F)C(C)C. The molecule has 0 fully saturated rings. The average molecular weight is 376 g/mol. The number of carbonyl (C=O) groups excluding carboxylic acids is 3. The summed E-state index contributed by atoms with van der Waals surface area (Å²) in [6.45, 7) is 10.7. The fourth-order valence-corrected chi connectivity index (χ4v) is 2.27. The molecule has 27 heavy (non-hydrogen) atoms. The van der Waals surface area contributed by atoms with Crippen molar-refractivity contribution in [2.45, 2.75) is 19.9 Å². The van der Waals surface area contributed by atoms with Gasteiger partial charge in [-0.2, -0.15) is 0 Å². The molecular weight excluding hydrogens is 351 g/mol. The maximum absolute atomic E-state index is 13.7. The van der Waals surface area contributed by atoms with Crippen LogP contribution >= 0.6 is 0 Å². The van der Waals surface area contributed by atoms with Crippen LogP contribution in [-0.4, -0.2) is 48.4 Å². The average Bonchev–Trinajstić information content (AvgIpc) is 2.63. The van der Waals surface area contributed by atoms with E-state index in [1.165, 1.54) is 23.1 Å². The first-order valence-electron chi connectivity index (χ1n) is 8.53. The van der Waals surface area contributed by atoms with E-state index in [1.54, 1.807) is 26.0 Å². The normalized spacial score (nSPS) is 11.4. The van der Waals surface area contributed by atoms with Crippen LogP contribution in [0.25, 0.3) is 0 Å². The summed E-state index contributed by atoms with van der Waals surface area (Å²) in [6.07, 6.45) is 3.10. The van der Waals surface area contributed by atoms with Gasteiger partial charge in [-0.1, -0.05) is 38.1 Å². The van der Waals surface area contributed by atoms with Crippen LogP contribution in [0.5, 0.6) is 0 Å². The van der Waals surface area contributed by atoms with Crippen LogP contribution in [0.15, 0.2) is 49.6 Å². The van der Waals surface area contributed by atoms with Crippen molar-refractivity contribution in [1.82, 2.24) is 10.2 Å². The molecular formula is C20H25FN2O4. The highest BCUT2D eigenvalue weighted by molar-refractivity contribution is 5.97. The molecule has 7 heteroatoms. The highest BCUT2D eigenvalue weighted by Gasteiger charge is 2.28. The van der Waals surface area contributed by atoms with Gasteiger partial charge < -0.3 is 15.0 Å². The Morgan fingerprint density at radius 3 is 2.30 bits per heavy atom. The number of amides is 2. The lowest BCUT2D eigenvalue weighted by Crippen LogP contribution is -2.46. The van der Waals surface area contributed by atoms with Crippen LogP contribution in [0, 0.1) is 11.7 Å². The topological polar surface area (TPSA) is 75.7 Å². The number of benzene rings is 1. The van der Waals surface area contributed by atoms with Gasteiger partial charge in [-0.15, -0.1) is 13.2 Å². The van der Waals surface area contributed by atoms with E-state index in [2.05, 4.69) is 18.5 Å². The molecule has 0 spiro atoms. The van der Waals surface area contributed by atoms with Crippen LogP contribution in [0.2, 0.25) is 0 Å². The predicted molar refractivity (Wildman–Crippen MR) is 100 cm³/mol. The van der Waals surface area contributed by atoms with Gasteiger partial charge in [0.1, 0.15) is 11.9 Å². The van der Waals surface area contributed by atoms with Crippen LogP contribution < -0.4 is 5.32 Å². The zero-order valence-corrected chi connectivity index (χ0v) is 15.6. The van der Waals surface area contributed by atoms with Gasteiger partial charge in [-0.3, -0.25) is 9.59 Å². The first-order valence-corrected chi connectivity index (χ1v) is 8.53. The van der Waals surface area contributed by atoms with Gasteiger partial charge in [0.05, 0.1) is 5.56 Å². The summed E-state index contributed by atoms with van der Waals surface area (Å²) in [5.74, 6) is -2.91. The molecule has 0 unspecified atom stereocenters. The summed E-state index contributed by atoms with van der Waals surface area (Å²) in [7, 11) is 0. The number of hydrogen-bond acceptors (Lipinski definition) is 4. The minimum absolute atomic E-state index is 0.171. The molecule has 0 heterocycles. The van der Waals surface area contributed by atoms with Crippen molar-refractivity contribution in [3.05, 3.63) is 61.0 Å². The number of esters is 1. The monoisotopic (exact) mass is 376 g/mol. The highest BCUT2D eigenvalue weighted by Crippen LogP contribution is 2.10. The van der Waals surface area contributed by atoms with Crippen LogP contribution in [0.3, 0.4) is 0 Å². The molecule has 0 bridgehead atoms. The summed E-state index contributed by atoms with van der Waals surface area (Å²) >= 11 is 0. The Morgan fingerprint density at radius 2 is 1.78 bits per heavy atom. The molecule has 0 aliphatic carbocycles. The third-order valence-electron chi connectivity index (χ3n) is 3.72. The third kappa shape index (κ3) is 6.69. The Labute approximate surface area is 158 Å². The Morgan fingerprint density at radius 1 is 1.19 bits per heavy atom. The standard InChI is InChI=1S/C20H25FN2O4/c1-5-11-23(12-6-2)17(24)13-27-20(26)18(14(3)4)22-19(25)15-9-7-8-10-16(15)21/h5-10,14,18H,1-2,11-13H2,3-4H3,(H,22,25)/t18-/m0/s1. The van der Waals surface area contributed by atoms with Gasteiger partial charge in [0.15, 0.2) is 6.61 Å². The second-order valence-electron chi connectivity index (χ2n) is 6.16. The van der Waals surface area contributed by atoms with Crippen molar-refractivity contribution in [3.8, 4) is 0 Å². The number of rotatable bonds is 10. The van der Waals surface area contributed by atoms with E-state index in [9.17, 15) is 18.8 Å².